The number of rotatable bonds is 5. The molecular formula is C14H18Cl2N2O4. The topological polar surface area (TPSA) is 78.9 Å². The van der Waals surface area contributed by atoms with Crippen molar-refractivity contribution in [1.29, 1.82) is 0 Å². The van der Waals surface area contributed by atoms with Crippen LogP contribution in [0.15, 0.2) is 24.3 Å². The number of benzene rings is 1. The largest absolute Gasteiger partial charge is 0.480 e. The minimum atomic E-state index is -1.05. The number of carbonyl (C=O) groups excluding carboxylic acids is 1. The van der Waals surface area contributed by atoms with E-state index in [-0.39, 0.29) is 37.5 Å². The zero-order chi connectivity index (χ0) is 15.2. The average Bonchev–Trinajstić information content (AvgIpc) is 2.46. The molecule has 1 aromatic carbocycles. The number of hydrogen-bond acceptors (Lipinski definition) is 4. The van der Waals surface area contributed by atoms with Crippen LogP contribution in [-0.2, 0) is 14.3 Å². The molecule has 0 radical (unpaired) electrons. The highest BCUT2D eigenvalue weighted by Gasteiger charge is 2.23. The molecule has 0 bridgehead atoms. The number of nitrogens with one attached hydrogen (secondary N) is 1. The lowest BCUT2D eigenvalue weighted by Gasteiger charge is -2.32. The van der Waals surface area contributed by atoms with Crippen LogP contribution in [-0.4, -0.2) is 54.7 Å². The fourth-order valence-corrected chi connectivity index (χ4v) is 2.28. The molecule has 1 atom stereocenters. The number of carboxylic acids is 1. The number of amides is 1. The van der Waals surface area contributed by atoms with Gasteiger partial charge in [-0.1, -0.05) is 23.7 Å². The Hall–Kier alpha value is -1.34. The Kier molecular flexibility index (Phi) is 7.61. The Morgan fingerprint density at radius 1 is 1.36 bits per heavy atom. The Labute approximate surface area is 139 Å². The van der Waals surface area contributed by atoms with Crippen molar-refractivity contribution in [2.24, 2.45) is 0 Å². The van der Waals surface area contributed by atoms with E-state index in [1.165, 1.54) is 0 Å². The van der Waals surface area contributed by atoms with Crippen molar-refractivity contribution < 1.29 is 19.4 Å². The zero-order valence-electron chi connectivity index (χ0n) is 11.8. The van der Waals surface area contributed by atoms with E-state index in [9.17, 15) is 9.59 Å². The molecule has 1 fully saturated rings. The lowest BCUT2D eigenvalue weighted by atomic mass is 10.1. The maximum Gasteiger partial charge on any atom is 0.322 e. The first-order valence-electron chi connectivity index (χ1n) is 6.62. The summed E-state index contributed by atoms with van der Waals surface area (Å²) in [5.74, 6) is -1.35. The van der Waals surface area contributed by atoms with Gasteiger partial charge in [0.15, 0.2) is 0 Å². The molecule has 1 saturated heterocycles. The second-order valence-electron chi connectivity index (χ2n) is 4.82. The summed E-state index contributed by atoms with van der Waals surface area (Å²) < 4.78 is 5.70. The number of carboxylic acid groups (broad SMARTS) is 1. The number of aliphatic carboxylic acids is 1. The van der Waals surface area contributed by atoms with Crippen molar-refractivity contribution in [3.8, 4) is 0 Å². The van der Waals surface area contributed by atoms with E-state index in [4.69, 9.17) is 21.4 Å². The van der Waals surface area contributed by atoms with Crippen LogP contribution in [0.5, 0.6) is 0 Å². The van der Waals surface area contributed by atoms with Crippen LogP contribution >= 0.6 is 24.0 Å². The predicted octanol–water partition coefficient (Wildman–Crippen LogP) is 1.34. The lowest BCUT2D eigenvalue weighted by molar-refractivity contribution is -0.138. The van der Waals surface area contributed by atoms with Crippen molar-refractivity contribution in [2.75, 3.05) is 32.8 Å². The van der Waals surface area contributed by atoms with E-state index in [0.717, 1.165) is 5.56 Å². The van der Waals surface area contributed by atoms with Gasteiger partial charge in [-0.2, -0.15) is 0 Å². The van der Waals surface area contributed by atoms with Gasteiger partial charge in [-0.3, -0.25) is 14.5 Å². The van der Waals surface area contributed by atoms with Crippen molar-refractivity contribution in [2.45, 2.75) is 6.10 Å². The molecule has 6 nitrogen and oxygen atoms in total. The van der Waals surface area contributed by atoms with E-state index >= 15 is 0 Å². The summed E-state index contributed by atoms with van der Waals surface area (Å²) in [6, 6.07) is 7.42. The zero-order valence-corrected chi connectivity index (χ0v) is 13.4. The molecule has 0 saturated carbocycles. The summed E-state index contributed by atoms with van der Waals surface area (Å²) in [6.45, 7) is 1.57. The molecule has 1 aromatic rings. The molecule has 0 aliphatic carbocycles. The van der Waals surface area contributed by atoms with E-state index in [1.807, 2.05) is 17.0 Å². The first kappa shape index (κ1) is 18.7. The molecule has 22 heavy (non-hydrogen) atoms. The van der Waals surface area contributed by atoms with Gasteiger partial charge in [-0.05, 0) is 17.7 Å². The molecule has 8 heteroatoms. The van der Waals surface area contributed by atoms with Gasteiger partial charge >= 0.3 is 5.97 Å². The second-order valence-corrected chi connectivity index (χ2v) is 5.25. The standard InChI is InChI=1S/C14H17ClN2O4.ClH/c15-11-3-1-10(2-4-11)12-8-17(5-6-21-12)9-13(18)16-7-14(19)20;/h1-4,12H,5-9H2,(H,16,18)(H,19,20);1H. The van der Waals surface area contributed by atoms with Gasteiger partial charge in [-0.25, -0.2) is 0 Å². The average molecular weight is 349 g/mol. The van der Waals surface area contributed by atoms with Crippen molar-refractivity contribution in [1.82, 2.24) is 10.2 Å². The van der Waals surface area contributed by atoms with Crippen molar-refractivity contribution in [3.05, 3.63) is 34.9 Å². The number of morpholine rings is 1. The molecule has 2 N–H and O–H groups in total. The van der Waals surface area contributed by atoms with Gasteiger partial charge in [0, 0.05) is 18.1 Å². The molecule has 0 spiro atoms. The third-order valence-electron chi connectivity index (χ3n) is 3.20. The number of carbonyl (C=O) groups is 2. The summed E-state index contributed by atoms with van der Waals surface area (Å²) in [5, 5.41) is 11.5. The van der Waals surface area contributed by atoms with Crippen LogP contribution in [0.2, 0.25) is 5.02 Å². The minimum absolute atomic E-state index is 0. The van der Waals surface area contributed by atoms with Gasteiger partial charge < -0.3 is 15.2 Å². The van der Waals surface area contributed by atoms with Crippen LogP contribution < -0.4 is 5.32 Å². The Bertz CT molecular complexity index is 510. The third kappa shape index (κ3) is 5.81. The van der Waals surface area contributed by atoms with Crippen LogP contribution in [0.1, 0.15) is 11.7 Å². The quantitative estimate of drug-likeness (QED) is 0.839. The molecule has 1 unspecified atom stereocenters. The van der Waals surface area contributed by atoms with E-state index in [2.05, 4.69) is 5.32 Å². The van der Waals surface area contributed by atoms with Gasteiger partial charge in [-0.15, -0.1) is 12.4 Å². The van der Waals surface area contributed by atoms with Crippen molar-refractivity contribution in [3.63, 3.8) is 0 Å². The maximum atomic E-state index is 11.6. The van der Waals surface area contributed by atoms with Crippen LogP contribution in [0.4, 0.5) is 0 Å². The summed E-state index contributed by atoms with van der Waals surface area (Å²) in [5.41, 5.74) is 1.01. The van der Waals surface area contributed by atoms with Crippen LogP contribution in [0.3, 0.4) is 0 Å². The molecular weight excluding hydrogens is 331 g/mol. The molecule has 0 aromatic heterocycles. The fraction of sp³-hybridized carbons (Fsp3) is 0.429. The Morgan fingerprint density at radius 3 is 2.68 bits per heavy atom. The third-order valence-corrected chi connectivity index (χ3v) is 3.45. The lowest BCUT2D eigenvalue weighted by Crippen LogP contribution is -2.45. The molecule has 1 aliphatic rings. The van der Waals surface area contributed by atoms with Gasteiger partial charge in [0.1, 0.15) is 6.54 Å². The normalized spacial score (nSPS) is 18.3. The van der Waals surface area contributed by atoms with Gasteiger partial charge in [0.05, 0.1) is 19.3 Å². The first-order valence-corrected chi connectivity index (χ1v) is 7.00. The van der Waals surface area contributed by atoms with Crippen LogP contribution in [0.25, 0.3) is 0 Å². The molecule has 1 amide bonds. The number of hydrogen-bond donors (Lipinski definition) is 2. The molecule has 1 aliphatic heterocycles. The summed E-state index contributed by atoms with van der Waals surface area (Å²) in [6.07, 6.45) is -0.108. The summed E-state index contributed by atoms with van der Waals surface area (Å²) in [4.78, 5) is 24.0. The fourth-order valence-electron chi connectivity index (χ4n) is 2.16. The Morgan fingerprint density at radius 2 is 2.05 bits per heavy atom. The second kappa shape index (κ2) is 8.95. The highest BCUT2D eigenvalue weighted by molar-refractivity contribution is 6.30. The summed E-state index contributed by atoms with van der Waals surface area (Å²) in [7, 11) is 0. The van der Waals surface area contributed by atoms with Gasteiger partial charge in [0.25, 0.3) is 0 Å². The monoisotopic (exact) mass is 348 g/mol. The number of nitrogens with zero attached hydrogens (tertiary/aromatic N) is 1. The number of halogens is 2. The van der Waals surface area contributed by atoms with Crippen LogP contribution in [0, 0.1) is 0 Å². The minimum Gasteiger partial charge on any atom is -0.480 e. The highest BCUT2D eigenvalue weighted by Crippen LogP contribution is 2.23. The van der Waals surface area contributed by atoms with Crippen molar-refractivity contribution >= 4 is 35.9 Å². The maximum absolute atomic E-state index is 11.6. The van der Waals surface area contributed by atoms with E-state index in [1.54, 1.807) is 12.1 Å². The molecule has 2 rings (SSSR count). The number of ether oxygens (including phenoxy) is 1. The molecule has 1 heterocycles. The Balaban J connectivity index is 0.00000242. The van der Waals surface area contributed by atoms with E-state index < -0.39 is 5.97 Å². The molecule has 122 valence electrons. The van der Waals surface area contributed by atoms with E-state index in [0.29, 0.717) is 24.7 Å². The first-order chi connectivity index (χ1) is 10.0. The SMILES string of the molecule is Cl.O=C(O)CNC(=O)CN1CCOC(c2ccc(Cl)cc2)C1. The summed E-state index contributed by atoms with van der Waals surface area (Å²) >= 11 is 5.86. The van der Waals surface area contributed by atoms with Gasteiger partial charge in [0.2, 0.25) is 5.91 Å². The predicted molar refractivity (Wildman–Crippen MR) is 84.5 cm³/mol. The smallest absolute Gasteiger partial charge is 0.322 e. The highest BCUT2D eigenvalue weighted by atomic mass is 35.5.